The first-order chi connectivity index (χ1) is 8.56. The highest BCUT2D eigenvalue weighted by atomic mass is 79.9. The van der Waals surface area contributed by atoms with Crippen LogP contribution in [0.5, 0.6) is 11.6 Å². The normalized spacial score (nSPS) is 10.1. The molecule has 2 rings (SSSR count). The molecule has 6 heteroatoms. The maximum absolute atomic E-state index is 13.0. The van der Waals surface area contributed by atoms with Gasteiger partial charge in [-0.15, -0.1) is 0 Å². The number of ether oxygens (including phenoxy) is 1. The van der Waals surface area contributed by atoms with Crippen LogP contribution in [0.1, 0.15) is 10.4 Å². The van der Waals surface area contributed by atoms with Gasteiger partial charge >= 0.3 is 5.97 Å². The minimum absolute atomic E-state index is 0.0562. The Hall–Kier alpha value is -1.95. The molecule has 0 bridgehead atoms. The molecule has 1 heterocycles. The van der Waals surface area contributed by atoms with E-state index in [1.54, 1.807) is 0 Å². The molecule has 0 unspecified atom stereocenters. The van der Waals surface area contributed by atoms with Crippen molar-refractivity contribution in [1.82, 2.24) is 4.98 Å². The van der Waals surface area contributed by atoms with Crippen LogP contribution in [0.25, 0.3) is 0 Å². The number of nitrogens with zero attached hydrogens (tertiary/aromatic N) is 1. The lowest BCUT2D eigenvalue weighted by molar-refractivity contribution is 0.0696. The van der Waals surface area contributed by atoms with Crippen molar-refractivity contribution in [3.63, 3.8) is 0 Å². The zero-order valence-electron chi connectivity index (χ0n) is 8.93. The average Bonchev–Trinajstić information content (AvgIpc) is 2.34. The van der Waals surface area contributed by atoms with Crippen molar-refractivity contribution in [3.05, 3.63) is 52.4 Å². The third kappa shape index (κ3) is 2.84. The Morgan fingerprint density at radius 2 is 2.11 bits per heavy atom. The summed E-state index contributed by atoms with van der Waals surface area (Å²) in [5.74, 6) is -1.05. The monoisotopic (exact) mass is 311 g/mol. The molecule has 0 saturated carbocycles. The van der Waals surface area contributed by atoms with E-state index in [1.807, 2.05) is 0 Å². The smallest absolute Gasteiger partial charge is 0.337 e. The number of carboxylic acid groups (broad SMARTS) is 1. The molecule has 1 aromatic heterocycles. The SMILES string of the molecule is O=C(O)c1ccc(Oc2cc(F)ccc2Br)nc1. The van der Waals surface area contributed by atoms with Gasteiger partial charge in [0.2, 0.25) is 5.88 Å². The molecule has 2 aromatic rings. The summed E-state index contributed by atoms with van der Waals surface area (Å²) in [6, 6.07) is 6.77. The number of rotatable bonds is 3. The minimum atomic E-state index is -1.07. The average molecular weight is 312 g/mol. The number of carbonyl (C=O) groups is 1. The van der Waals surface area contributed by atoms with E-state index in [-0.39, 0.29) is 17.2 Å². The van der Waals surface area contributed by atoms with Crippen LogP contribution in [0.4, 0.5) is 4.39 Å². The predicted octanol–water partition coefficient (Wildman–Crippen LogP) is 3.47. The van der Waals surface area contributed by atoms with Gasteiger partial charge in [-0.2, -0.15) is 0 Å². The van der Waals surface area contributed by atoms with Gasteiger partial charge in [-0.25, -0.2) is 14.2 Å². The molecule has 18 heavy (non-hydrogen) atoms. The summed E-state index contributed by atoms with van der Waals surface area (Å²) >= 11 is 3.21. The molecule has 0 radical (unpaired) electrons. The largest absolute Gasteiger partial charge is 0.478 e. The summed E-state index contributed by atoms with van der Waals surface area (Å²) in [6.45, 7) is 0. The van der Waals surface area contributed by atoms with Crippen molar-refractivity contribution in [2.75, 3.05) is 0 Å². The number of hydrogen-bond acceptors (Lipinski definition) is 3. The molecular formula is C12H7BrFNO3. The van der Waals surface area contributed by atoms with Crippen molar-refractivity contribution in [1.29, 1.82) is 0 Å². The number of carboxylic acids is 1. The van der Waals surface area contributed by atoms with Crippen molar-refractivity contribution in [3.8, 4) is 11.6 Å². The van der Waals surface area contributed by atoms with Crippen LogP contribution in [0, 0.1) is 5.82 Å². The fourth-order valence-electron chi connectivity index (χ4n) is 1.24. The van der Waals surface area contributed by atoms with E-state index in [9.17, 15) is 9.18 Å². The Labute approximate surface area is 110 Å². The molecule has 0 saturated heterocycles. The zero-order chi connectivity index (χ0) is 13.1. The Bertz CT molecular complexity index is 586. The molecule has 0 amide bonds. The lowest BCUT2D eigenvalue weighted by atomic mass is 10.3. The van der Waals surface area contributed by atoms with Gasteiger partial charge in [0.05, 0.1) is 10.0 Å². The molecule has 1 N–H and O–H groups in total. The molecule has 0 atom stereocenters. The molecule has 1 aromatic carbocycles. The highest BCUT2D eigenvalue weighted by Gasteiger charge is 2.07. The number of halogens is 2. The molecular weight excluding hydrogens is 305 g/mol. The van der Waals surface area contributed by atoms with Crippen LogP contribution >= 0.6 is 15.9 Å². The fraction of sp³-hybridized carbons (Fsp3) is 0. The third-order valence-electron chi connectivity index (χ3n) is 2.09. The quantitative estimate of drug-likeness (QED) is 0.943. The Morgan fingerprint density at radius 1 is 1.33 bits per heavy atom. The van der Waals surface area contributed by atoms with Gasteiger partial charge in [0.25, 0.3) is 0 Å². The lowest BCUT2D eigenvalue weighted by Gasteiger charge is -2.06. The summed E-state index contributed by atoms with van der Waals surface area (Å²) in [7, 11) is 0. The Kier molecular flexibility index (Phi) is 3.57. The summed E-state index contributed by atoms with van der Waals surface area (Å²) < 4.78 is 18.9. The van der Waals surface area contributed by atoms with Crippen LogP contribution in [0.15, 0.2) is 41.0 Å². The van der Waals surface area contributed by atoms with E-state index in [2.05, 4.69) is 20.9 Å². The molecule has 0 aliphatic carbocycles. The second-order valence-corrected chi connectivity index (χ2v) is 4.22. The first-order valence-electron chi connectivity index (χ1n) is 4.88. The maximum atomic E-state index is 13.0. The van der Waals surface area contributed by atoms with Crippen LogP contribution < -0.4 is 4.74 Å². The molecule has 4 nitrogen and oxygen atoms in total. The van der Waals surface area contributed by atoms with E-state index in [1.165, 1.54) is 36.5 Å². The summed E-state index contributed by atoms with van der Waals surface area (Å²) in [5, 5.41) is 8.71. The lowest BCUT2D eigenvalue weighted by Crippen LogP contribution is -1.97. The molecule has 0 aliphatic heterocycles. The first kappa shape index (κ1) is 12.5. The fourth-order valence-corrected chi connectivity index (χ4v) is 1.56. The van der Waals surface area contributed by atoms with Crippen LogP contribution in [-0.4, -0.2) is 16.1 Å². The van der Waals surface area contributed by atoms with Gasteiger partial charge in [-0.05, 0) is 34.1 Å². The number of aromatic nitrogens is 1. The van der Waals surface area contributed by atoms with Gasteiger partial charge in [-0.3, -0.25) is 0 Å². The summed E-state index contributed by atoms with van der Waals surface area (Å²) in [4.78, 5) is 14.5. The number of pyridine rings is 1. The van der Waals surface area contributed by atoms with Crippen LogP contribution in [-0.2, 0) is 0 Å². The summed E-state index contributed by atoms with van der Waals surface area (Å²) in [6.07, 6.45) is 1.17. The minimum Gasteiger partial charge on any atom is -0.478 e. The number of hydrogen-bond donors (Lipinski definition) is 1. The first-order valence-corrected chi connectivity index (χ1v) is 5.68. The van der Waals surface area contributed by atoms with Gasteiger partial charge in [0.15, 0.2) is 0 Å². The van der Waals surface area contributed by atoms with Crippen molar-refractivity contribution in [2.24, 2.45) is 0 Å². The van der Waals surface area contributed by atoms with Crippen molar-refractivity contribution < 1.29 is 19.0 Å². The predicted molar refractivity (Wildman–Crippen MR) is 65.4 cm³/mol. The number of benzene rings is 1. The van der Waals surface area contributed by atoms with Gasteiger partial charge in [0.1, 0.15) is 11.6 Å². The molecule has 0 aliphatic rings. The van der Waals surface area contributed by atoms with E-state index in [0.29, 0.717) is 4.47 Å². The highest BCUT2D eigenvalue weighted by molar-refractivity contribution is 9.10. The molecule has 0 fully saturated rings. The van der Waals surface area contributed by atoms with Crippen molar-refractivity contribution >= 4 is 21.9 Å². The topological polar surface area (TPSA) is 59.4 Å². The van der Waals surface area contributed by atoms with Gasteiger partial charge in [-0.1, -0.05) is 0 Å². The van der Waals surface area contributed by atoms with E-state index < -0.39 is 11.8 Å². The van der Waals surface area contributed by atoms with Gasteiger partial charge in [0, 0.05) is 18.3 Å². The number of aromatic carboxylic acids is 1. The zero-order valence-corrected chi connectivity index (χ0v) is 10.5. The summed E-state index contributed by atoms with van der Waals surface area (Å²) in [5.41, 5.74) is 0.0562. The highest BCUT2D eigenvalue weighted by Crippen LogP contribution is 2.29. The van der Waals surface area contributed by atoms with E-state index in [4.69, 9.17) is 9.84 Å². The maximum Gasteiger partial charge on any atom is 0.337 e. The van der Waals surface area contributed by atoms with Crippen LogP contribution in [0.3, 0.4) is 0 Å². The van der Waals surface area contributed by atoms with E-state index in [0.717, 1.165) is 0 Å². The molecule has 0 spiro atoms. The van der Waals surface area contributed by atoms with Gasteiger partial charge < -0.3 is 9.84 Å². The molecule has 92 valence electrons. The second-order valence-electron chi connectivity index (χ2n) is 3.37. The second kappa shape index (κ2) is 5.14. The standard InChI is InChI=1S/C12H7BrFNO3/c13-9-3-2-8(14)5-10(9)18-11-4-1-7(6-15-11)12(16)17/h1-6H,(H,16,17). The Balaban J connectivity index is 2.23. The van der Waals surface area contributed by atoms with Crippen LogP contribution in [0.2, 0.25) is 0 Å². The third-order valence-corrected chi connectivity index (χ3v) is 2.75. The Morgan fingerprint density at radius 3 is 2.72 bits per heavy atom. The van der Waals surface area contributed by atoms with E-state index >= 15 is 0 Å². The van der Waals surface area contributed by atoms with Crippen molar-refractivity contribution in [2.45, 2.75) is 0 Å².